The van der Waals surface area contributed by atoms with Gasteiger partial charge in [0.05, 0.1) is 5.75 Å². The molecule has 0 heterocycles. The van der Waals surface area contributed by atoms with Crippen LogP contribution in [0.25, 0.3) is 0 Å². The van der Waals surface area contributed by atoms with Gasteiger partial charge < -0.3 is 11.1 Å². The molecule has 0 atom stereocenters. The molecule has 0 radical (unpaired) electrons. The van der Waals surface area contributed by atoms with Gasteiger partial charge >= 0.3 is 0 Å². The first-order chi connectivity index (χ1) is 9.17. The SMILES string of the molecule is CCCC(CCC)Nc1ccccc1SCC(N)=O. The van der Waals surface area contributed by atoms with Gasteiger partial charge in [0.1, 0.15) is 0 Å². The second-order valence-electron chi connectivity index (χ2n) is 4.67. The molecule has 0 bridgehead atoms. The van der Waals surface area contributed by atoms with Crippen LogP contribution < -0.4 is 11.1 Å². The maximum Gasteiger partial charge on any atom is 0.227 e. The van der Waals surface area contributed by atoms with Crippen LogP contribution in [0.1, 0.15) is 39.5 Å². The van der Waals surface area contributed by atoms with E-state index in [9.17, 15) is 4.79 Å². The van der Waals surface area contributed by atoms with E-state index in [0.717, 1.165) is 10.6 Å². The molecule has 0 aliphatic rings. The number of nitrogens with two attached hydrogens (primary N) is 1. The highest BCUT2D eigenvalue weighted by Crippen LogP contribution is 2.28. The van der Waals surface area contributed by atoms with Gasteiger partial charge in [0.15, 0.2) is 0 Å². The van der Waals surface area contributed by atoms with Crippen molar-refractivity contribution in [2.75, 3.05) is 11.1 Å². The molecule has 0 saturated carbocycles. The van der Waals surface area contributed by atoms with E-state index in [0.29, 0.717) is 11.8 Å². The van der Waals surface area contributed by atoms with E-state index in [4.69, 9.17) is 5.73 Å². The number of para-hydroxylation sites is 1. The van der Waals surface area contributed by atoms with Crippen LogP contribution in [-0.4, -0.2) is 17.7 Å². The molecule has 4 heteroatoms. The van der Waals surface area contributed by atoms with Crippen molar-refractivity contribution in [1.29, 1.82) is 0 Å². The van der Waals surface area contributed by atoms with E-state index in [1.807, 2.05) is 18.2 Å². The monoisotopic (exact) mass is 280 g/mol. The van der Waals surface area contributed by atoms with E-state index in [1.54, 1.807) is 0 Å². The average molecular weight is 280 g/mol. The third kappa shape index (κ3) is 6.01. The molecular weight excluding hydrogens is 256 g/mol. The first-order valence-electron chi connectivity index (χ1n) is 6.94. The van der Waals surface area contributed by atoms with Crippen molar-refractivity contribution in [3.8, 4) is 0 Å². The van der Waals surface area contributed by atoms with Crippen molar-refractivity contribution in [2.24, 2.45) is 5.73 Å². The molecule has 0 unspecified atom stereocenters. The van der Waals surface area contributed by atoms with Crippen LogP contribution in [0.4, 0.5) is 5.69 Å². The van der Waals surface area contributed by atoms with Crippen molar-refractivity contribution in [2.45, 2.75) is 50.5 Å². The van der Waals surface area contributed by atoms with Crippen LogP contribution in [-0.2, 0) is 4.79 Å². The van der Waals surface area contributed by atoms with Crippen LogP contribution in [0.3, 0.4) is 0 Å². The fourth-order valence-corrected chi connectivity index (χ4v) is 2.82. The first kappa shape index (κ1) is 15.9. The molecular formula is C15H24N2OS. The van der Waals surface area contributed by atoms with E-state index >= 15 is 0 Å². The number of hydrogen-bond donors (Lipinski definition) is 2. The van der Waals surface area contributed by atoms with Crippen LogP contribution in [0, 0.1) is 0 Å². The summed E-state index contributed by atoms with van der Waals surface area (Å²) in [6, 6.07) is 8.62. The molecule has 0 fully saturated rings. The topological polar surface area (TPSA) is 55.1 Å². The molecule has 0 saturated heterocycles. The van der Waals surface area contributed by atoms with Crippen molar-refractivity contribution < 1.29 is 4.79 Å². The van der Waals surface area contributed by atoms with Crippen molar-refractivity contribution >= 4 is 23.4 Å². The normalized spacial score (nSPS) is 10.7. The second-order valence-corrected chi connectivity index (χ2v) is 5.69. The van der Waals surface area contributed by atoms with Crippen LogP contribution in [0.2, 0.25) is 0 Å². The first-order valence-corrected chi connectivity index (χ1v) is 7.92. The lowest BCUT2D eigenvalue weighted by Crippen LogP contribution is -2.19. The van der Waals surface area contributed by atoms with Gasteiger partial charge in [-0.25, -0.2) is 0 Å². The number of carbonyl (C=O) groups is 1. The summed E-state index contributed by atoms with van der Waals surface area (Å²) in [7, 11) is 0. The maximum absolute atomic E-state index is 10.9. The largest absolute Gasteiger partial charge is 0.381 e. The number of rotatable bonds is 9. The number of carbonyl (C=O) groups excluding carboxylic acids is 1. The number of nitrogens with one attached hydrogen (secondary N) is 1. The van der Waals surface area contributed by atoms with Gasteiger partial charge in [0.2, 0.25) is 5.91 Å². The van der Waals surface area contributed by atoms with Gasteiger partial charge in [-0.3, -0.25) is 4.79 Å². The molecule has 0 aliphatic heterocycles. The molecule has 1 aromatic rings. The number of thioether (sulfide) groups is 1. The fraction of sp³-hybridized carbons (Fsp3) is 0.533. The Morgan fingerprint density at radius 1 is 1.26 bits per heavy atom. The Kier molecular flexibility index (Phi) is 7.41. The Balaban J connectivity index is 2.71. The zero-order valence-electron chi connectivity index (χ0n) is 11.8. The van der Waals surface area contributed by atoms with E-state index in [1.165, 1.54) is 37.4 Å². The van der Waals surface area contributed by atoms with Gasteiger partial charge in [-0.05, 0) is 25.0 Å². The Morgan fingerprint density at radius 2 is 1.89 bits per heavy atom. The quantitative estimate of drug-likeness (QED) is 0.679. The number of anilines is 1. The Morgan fingerprint density at radius 3 is 2.47 bits per heavy atom. The number of hydrogen-bond acceptors (Lipinski definition) is 3. The van der Waals surface area contributed by atoms with Crippen molar-refractivity contribution in [1.82, 2.24) is 0 Å². The van der Waals surface area contributed by atoms with Gasteiger partial charge in [-0.2, -0.15) is 0 Å². The molecule has 1 aromatic carbocycles. The Hall–Kier alpha value is -1.16. The smallest absolute Gasteiger partial charge is 0.227 e. The summed E-state index contributed by atoms with van der Waals surface area (Å²) in [5, 5.41) is 3.60. The molecule has 0 spiro atoms. The van der Waals surface area contributed by atoms with Crippen LogP contribution in [0.15, 0.2) is 29.2 Å². The minimum atomic E-state index is -0.279. The number of amides is 1. The minimum Gasteiger partial charge on any atom is -0.381 e. The van der Waals surface area contributed by atoms with E-state index in [-0.39, 0.29) is 5.91 Å². The van der Waals surface area contributed by atoms with Crippen molar-refractivity contribution in [3.05, 3.63) is 24.3 Å². The lowest BCUT2D eigenvalue weighted by Gasteiger charge is -2.20. The zero-order chi connectivity index (χ0) is 14.1. The summed E-state index contributed by atoms with van der Waals surface area (Å²) in [5.74, 6) is 0.0451. The van der Waals surface area contributed by atoms with Gasteiger partial charge in [0.25, 0.3) is 0 Å². The highest BCUT2D eigenvalue weighted by atomic mass is 32.2. The third-order valence-electron chi connectivity index (χ3n) is 2.89. The number of primary amides is 1. The predicted octanol–water partition coefficient (Wildman–Crippen LogP) is 3.64. The van der Waals surface area contributed by atoms with Crippen LogP contribution in [0.5, 0.6) is 0 Å². The average Bonchev–Trinajstić information content (AvgIpc) is 2.38. The Bertz CT molecular complexity index is 389. The highest BCUT2D eigenvalue weighted by molar-refractivity contribution is 8.00. The highest BCUT2D eigenvalue weighted by Gasteiger charge is 2.10. The van der Waals surface area contributed by atoms with E-state index < -0.39 is 0 Å². The molecule has 106 valence electrons. The van der Waals surface area contributed by atoms with Gasteiger partial charge in [-0.1, -0.05) is 38.8 Å². The van der Waals surface area contributed by atoms with Crippen molar-refractivity contribution in [3.63, 3.8) is 0 Å². The van der Waals surface area contributed by atoms with Gasteiger partial charge in [0, 0.05) is 16.6 Å². The molecule has 0 aliphatic carbocycles. The molecule has 1 amide bonds. The summed E-state index contributed by atoms with van der Waals surface area (Å²) < 4.78 is 0. The lowest BCUT2D eigenvalue weighted by atomic mass is 10.1. The van der Waals surface area contributed by atoms with E-state index in [2.05, 4.69) is 25.2 Å². The summed E-state index contributed by atoms with van der Waals surface area (Å²) in [6.45, 7) is 4.41. The molecule has 3 N–H and O–H groups in total. The summed E-state index contributed by atoms with van der Waals surface area (Å²) >= 11 is 1.50. The standard InChI is InChI=1S/C15H24N2OS/c1-3-7-12(8-4-2)17-13-9-5-6-10-14(13)19-11-15(16)18/h5-6,9-10,12,17H,3-4,7-8,11H2,1-2H3,(H2,16,18). The number of benzene rings is 1. The summed E-state index contributed by atoms with van der Waals surface area (Å²) in [4.78, 5) is 12.0. The zero-order valence-corrected chi connectivity index (χ0v) is 12.6. The fourth-order valence-electron chi connectivity index (χ4n) is 2.07. The third-order valence-corrected chi connectivity index (χ3v) is 3.99. The summed E-state index contributed by atoms with van der Waals surface area (Å²) in [6.07, 6.45) is 4.69. The minimum absolute atomic E-state index is 0.279. The predicted molar refractivity (Wildman–Crippen MR) is 83.6 cm³/mol. The second kappa shape index (κ2) is 8.86. The van der Waals surface area contributed by atoms with Crippen LogP contribution >= 0.6 is 11.8 Å². The lowest BCUT2D eigenvalue weighted by molar-refractivity contribution is -0.115. The van der Waals surface area contributed by atoms with Gasteiger partial charge in [-0.15, -0.1) is 11.8 Å². The molecule has 1 rings (SSSR count). The molecule has 3 nitrogen and oxygen atoms in total. The maximum atomic E-state index is 10.9. The Labute approximate surface area is 120 Å². The molecule has 19 heavy (non-hydrogen) atoms. The summed E-state index contributed by atoms with van der Waals surface area (Å²) in [5.41, 5.74) is 6.32. The molecule has 0 aromatic heterocycles.